The standard InChI is InChI=1S/C51H63N7O9/c1-9-47(54-41(60)37-27-55(4)29-52-37)24-31-25-50(45(61)65-7,40-33(16-20-57(26-31)28-47)32-14-11-12-15-36(32)53-40)35-22-34-38(23-39(35)64-6)56(5)43-49(34)18-21-58-19-13-17-48(10-2,42(49)58)44(67-30(3)59)51(43,63)46(62)66-8/h11-15,17,22-23,27,29,31,42-44,53,63H,9-10,16,18-21,24-26,28H2,1-8H3,(H,54,60)/t31-,42+,43-,44-,47+,48-,49-,50+,51+/m1/s1. The molecule has 0 radical (unpaired) electrons. The number of aliphatic hydroxyl groups is 1. The minimum atomic E-state index is -2.33. The minimum absolute atomic E-state index is 0.137. The average molecular weight is 918 g/mol. The summed E-state index contributed by atoms with van der Waals surface area (Å²) in [5.74, 6) is -1.90. The molecule has 1 spiro atoms. The van der Waals surface area contributed by atoms with Crippen molar-refractivity contribution >= 4 is 40.4 Å². The molecule has 1 aliphatic carbocycles. The van der Waals surface area contributed by atoms with Crippen molar-refractivity contribution in [1.29, 1.82) is 0 Å². The molecule has 16 nitrogen and oxygen atoms in total. The van der Waals surface area contributed by atoms with E-state index in [4.69, 9.17) is 18.9 Å². The van der Waals surface area contributed by atoms with Gasteiger partial charge in [0.05, 0.1) is 39.2 Å². The Morgan fingerprint density at radius 3 is 2.43 bits per heavy atom. The Morgan fingerprint density at radius 1 is 0.970 bits per heavy atom. The van der Waals surface area contributed by atoms with Crippen molar-refractivity contribution < 1.29 is 43.2 Å². The van der Waals surface area contributed by atoms with Crippen LogP contribution in [0.2, 0.25) is 0 Å². The number of nitrogens with one attached hydrogen (secondary N) is 2. The zero-order valence-electron chi connectivity index (χ0n) is 39.8. The number of piperidine rings is 1. The Balaban J connectivity index is 1.22. The Hall–Kier alpha value is -5.71. The van der Waals surface area contributed by atoms with E-state index in [0.29, 0.717) is 88.3 Å². The molecule has 7 heterocycles. The smallest absolute Gasteiger partial charge is 0.344 e. The van der Waals surface area contributed by atoms with Crippen LogP contribution in [-0.4, -0.2) is 144 Å². The predicted octanol–water partition coefficient (Wildman–Crippen LogP) is 4.16. The van der Waals surface area contributed by atoms with Crippen molar-refractivity contribution in [2.24, 2.45) is 18.4 Å². The highest BCUT2D eigenvalue weighted by molar-refractivity contribution is 5.95. The van der Waals surface area contributed by atoms with Crippen LogP contribution in [0, 0.1) is 11.3 Å². The summed E-state index contributed by atoms with van der Waals surface area (Å²) in [6.07, 6.45) is 9.29. The number of hydrogen-bond acceptors (Lipinski definition) is 13. The van der Waals surface area contributed by atoms with Gasteiger partial charge in [0.1, 0.15) is 16.9 Å². The number of H-pyrrole nitrogens is 1. The molecule has 2 saturated heterocycles. The van der Waals surface area contributed by atoms with E-state index >= 15 is 4.79 Å². The fourth-order valence-corrected chi connectivity index (χ4v) is 14.5. The number of para-hydroxylation sites is 1. The van der Waals surface area contributed by atoms with Crippen LogP contribution in [0.25, 0.3) is 10.9 Å². The van der Waals surface area contributed by atoms with E-state index in [0.717, 1.165) is 33.4 Å². The number of benzene rings is 2. The van der Waals surface area contributed by atoms with Crippen molar-refractivity contribution in [1.82, 2.24) is 29.7 Å². The molecule has 1 saturated carbocycles. The van der Waals surface area contributed by atoms with Crippen LogP contribution < -0.4 is 15.0 Å². The van der Waals surface area contributed by atoms with Crippen molar-refractivity contribution in [2.45, 2.75) is 99.5 Å². The SMILES string of the molecule is CC[C@]1(NC(=O)c2cn(C)cn2)C[C@H]2CN(CCc3c([nH]c4ccccc34)[C@@](C(=O)OC)(c3cc4c(cc3OC)N(C)[C@H]3[C@@](O)(C(=O)OC)[C@H](OC(C)=O)[C@]5(CC)C=CCN6CC[C@]43[C@@H]65)C2)C1. The normalized spacial score (nSPS) is 33.9. The lowest BCUT2D eigenvalue weighted by atomic mass is 9.47. The molecule has 3 N–H and O–H groups in total. The summed E-state index contributed by atoms with van der Waals surface area (Å²) >= 11 is 0. The summed E-state index contributed by atoms with van der Waals surface area (Å²) in [6.45, 7) is 8.67. The predicted molar refractivity (Wildman–Crippen MR) is 249 cm³/mol. The van der Waals surface area contributed by atoms with E-state index < -0.39 is 57.4 Å². The molecule has 2 aromatic carbocycles. The van der Waals surface area contributed by atoms with Gasteiger partial charge in [-0.25, -0.2) is 9.78 Å². The van der Waals surface area contributed by atoms with E-state index in [-0.39, 0.29) is 17.9 Å². The van der Waals surface area contributed by atoms with Gasteiger partial charge in [0, 0.05) is 104 Å². The molecule has 6 aliphatic rings. The van der Waals surface area contributed by atoms with E-state index in [1.165, 1.54) is 21.1 Å². The molecule has 4 aromatic rings. The number of rotatable bonds is 9. The number of imidazole rings is 1. The fraction of sp³-hybridized carbons (Fsp3) is 0.549. The maximum atomic E-state index is 15.7. The maximum absolute atomic E-state index is 15.7. The molecule has 2 aromatic heterocycles. The Morgan fingerprint density at radius 2 is 1.75 bits per heavy atom. The van der Waals surface area contributed by atoms with Crippen molar-refractivity contribution in [3.8, 4) is 5.75 Å². The number of esters is 3. The highest BCUT2D eigenvalue weighted by Gasteiger charge is 2.80. The minimum Gasteiger partial charge on any atom is -0.496 e. The van der Waals surface area contributed by atoms with Crippen LogP contribution >= 0.6 is 0 Å². The van der Waals surface area contributed by atoms with Gasteiger partial charge < -0.3 is 48.7 Å². The van der Waals surface area contributed by atoms with E-state index in [2.05, 4.69) is 50.2 Å². The first-order chi connectivity index (χ1) is 32.1. The monoisotopic (exact) mass is 917 g/mol. The first-order valence-corrected chi connectivity index (χ1v) is 23.7. The molecular formula is C51H63N7O9. The van der Waals surface area contributed by atoms with Crippen molar-refractivity contribution in [3.63, 3.8) is 0 Å². The number of amides is 1. The number of methoxy groups -OCH3 is 3. The third-order valence-electron chi connectivity index (χ3n) is 17.0. The third kappa shape index (κ3) is 6.16. The van der Waals surface area contributed by atoms with Crippen LogP contribution in [-0.2, 0) is 52.9 Å². The Kier molecular flexibility index (Phi) is 10.7. The highest BCUT2D eigenvalue weighted by atomic mass is 16.6. The molecule has 10 atom stereocenters. The number of fused-ring (bicyclic) bond motifs is 6. The van der Waals surface area contributed by atoms with Gasteiger partial charge in [0.25, 0.3) is 5.91 Å². The van der Waals surface area contributed by atoms with Crippen LogP contribution in [0.15, 0.2) is 61.1 Å². The van der Waals surface area contributed by atoms with Crippen LogP contribution in [0.3, 0.4) is 0 Å². The number of aromatic amines is 1. The first-order valence-electron chi connectivity index (χ1n) is 23.7. The second-order valence-corrected chi connectivity index (χ2v) is 20.1. The number of ether oxygens (including phenoxy) is 4. The topological polar surface area (TPSA) is 181 Å². The fourth-order valence-electron chi connectivity index (χ4n) is 14.5. The number of nitrogens with zero attached hydrogens (tertiary/aromatic N) is 5. The van der Waals surface area contributed by atoms with E-state index in [1.807, 2.05) is 56.3 Å². The largest absolute Gasteiger partial charge is 0.496 e. The van der Waals surface area contributed by atoms with Crippen LogP contribution in [0.5, 0.6) is 5.75 Å². The van der Waals surface area contributed by atoms with Crippen molar-refractivity contribution in [2.75, 3.05) is 66.0 Å². The second kappa shape index (κ2) is 15.9. The molecular weight excluding hydrogens is 855 g/mol. The van der Waals surface area contributed by atoms with E-state index in [9.17, 15) is 19.5 Å². The molecule has 1 unspecified atom stereocenters. The number of hydrogen-bond donors (Lipinski definition) is 3. The molecule has 5 aliphatic heterocycles. The summed E-state index contributed by atoms with van der Waals surface area (Å²) in [5, 5.41) is 17.9. The molecule has 1 amide bonds. The second-order valence-electron chi connectivity index (χ2n) is 20.1. The maximum Gasteiger partial charge on any atom is 0.344 e. The average Bonchev–Trinajstić information content (AvgIpc) is 4.11. The highest BCUT2D eigenvalue weighted by Crippen LogP contribution is 2.68. The summed E-state index contributed by atoms with van der Waals surface area (Å²) in [6, 6.07) is 10.9. The number of carbonyl (C=O) groups is 4. The third-order valence-corrected chi connectivity index (χ3v) is 17.0. The Labute approximate surface area is 390 Å². The molecule has 67 heavy (non-hydrogen) atoms. The van der Waals surface area contributed by atoms with Gasteiger partial charge >= 0.3 is 17.9 Å². The lowest BCUT2D eigenvalue weighted by Crippen LogP contribution is -2.81. The molecule has 16 heteroatoms. The zero-order valence-corrected chi connectivity index (χ0v) is 39.8. The number of aryl methyl sites for hydroxylation is 1. The van der Waals surface area contributed by atoms with Gasteiger partial charge in [0.2, 0.25) is 5.60 Å². The summed E-state index contributed by atoms with van der Waals surface area (Å²) < 4.78 is 26.0. The van der Waals surface area contributed by atoms with Crippen LogP contribution in [0.4, 0.5) is 5.69 Å². The van der Waals surface area contributed by atoms with Gasteiger partial charge in [-0.05, 0) is 74.2 Å². The van der Waals surface area contributed by atoms with Gasteiger partial charge in [-0.2, -0.15) is 0 Å². The van der Waals surface area contributed by atoms with Gasteiger partial charge in [-0.3, -0.25) is 19.3 Å². The van der Waals surface area contributed by atoms with Gasteiger partial charge in [-0.15, -0.1) is 0 Å². The van der Waals surface area contributed by atoms with Crippen molar-refractivity contribution in [3.05, 3.63) is 89.2 Å². The molecule has 2 bridgehead atoms. The number of likely N-dealkylation sites (N-methyl/N-ethyl adjacent to an activating group) is 1. The lowest BCUT2D eigenvalue weighted by Gasteiger charge is -2.63. The number of anilines is 1. The number of carbonyl (C=O) groups excluding carboxylic acids is 4. The van der Waals surface area contributed by atoms with E-state index in [1.54, 1.807) is 24.2 Å². The molecule has 3 fully saturated rings. The number of aromatic nitrogens is 3. The first kappa shape index (κ1) is 45.1. The summed E-state index contributed by atoms with van der Waals surface area (Å²) in [4.78, 5) is 72.2. The van der Waals surface area contributed by atoms with Gasteiger partial charge in [0.15, 0.2) is 6.10 Å². The van der Waals surface area contributed by atoms with Gasteiger partial charge in [-0.1, -0.05) is 44.2 Å². The lowest BCUT2D eigenvalue weighted by molar-refractivity contribution is -0.228. The zero-order chi connectivity index (χ0) is 47.4. The summed E-state index contributed by atoms with van der Waals surface area (Å²) in [7, 11) is 7.99. The molecule has 10 rings (SSSR count). The summed E-state index contributed by atoms with van der Waals surface area (Å²) in [5.41, 5.74) is -1.26. The quantitative estimate of drug-likeness (QED) is 0.124. The van der Waals surface area contributed by atoms with Crippen LogP contribution in [0.1, 0.15) is 85.7 Å². The molecule has 356 valence electrons. The Bertz CT molecular complexity index is 2710.